The van der Waals surface area contributed by atoms with Crippen LogP contribution in [-0.2, 0) is 6.54 Å². The van der Waals surface area contributed by atoms with Crippen LogP contribution in [0.5, 0.6) is 5.75 Å². The normalized spacial score (nSPS) is 10.1. The first-order valence-corrected chi connectivity index (χ1v) is 5.90. The first-order chi connectivity index (χ1) is 9.97. The molecule has 1 heterocycles. The number of urea groups is 1. The van der Waals surface area contributed by atoms with Crippen molar-refractivity contribution in [3.05, 3.63) is 35.9 Å². The number of carboxylic acids is 1. The molecule has 0 unspecified atom stereocenters. The van der Waals surface area contributed by atoms with Crippen molar-refractivity contribution >= 4 is 17.7 Å². The average molecular weight is 291 g/mol. The van der Waals surface area contributed by atoms with E-state index in [2.05, 4.69) is 20.5 Å². The number of nitrogens with one attached hydrogen (secondary N) is 2. The topological polar surface area (TPSA) is 131 Å². The summed E-state index contributed by atoms with van der Waals surface area (Å²) < 4.78 is 0. The van der Waals surface area contributed by atoms with Crippen LogP contribution < -0.4 is 5.32 Å². The Kier molecular flexibility index (Phi) is 4.02. The Morgan fingerprint density at radius 2 is 2.19 bits per heavy atom. The number of benzene rings is 1. The number of aromatic amines is 1. The van der Waals surface area contributed by atoms with Gasteiger partial charge >= 0.3 is 12.0 Å². The zero-order valence-corrected chi connectivity index (χ0v) is 11.1. The Balaban J connectivity index is 2.10. The van der Waals surface area contributed by atoms with Gasteiger partial charge in [0.05, 0.1) is 17.8 Å². The van der Waals surface area contributed by atoms with Gasteiger partial charge in [0.2, 0.25) is 0 Å². The SMILES string of the molecule is CN(Cc1ncn[nH]1)C(=O)Nc1ccc(O)cc1C(=O)O. The van der Waals surface area contributed by atoms with Gasteiger partial charge in [-0.15, -0.1) is 0 Å². The number of anilines is 1. The largest absolute Gasteiger partial charge is 0.508 e. The Labute approximate surface area is 119 Å². The fraction of sp³-hybridized carbons (Fsp3) is 0.167. The van der Waals surface area contributed by atoms with E-state index >= 15 is 0 Å². The number of nitrogens with zero attached hydrogens (tertiary/aromatic N) is 3. The maximum absolute atomic E-state index is 12.0. The third-order valence-corrected chi connectivity index (χ3v) is 2.67. The molecule has 2 aromatic rings. The molecular formula is C12H13N5O4. The lowest BCUT2D eigenvalue weighted by atomic mass is 10.1. The number of aromatic nitrogens is 3. The molecule has 0 radical (unpaired) electrons. The molecule has 110 valence electrons. The zero-order valence-electron chi connectivity index (χ0n) is 11.1. The summed E-state index contributed by atoms with van der Waals surface area (Å²) in [5.41, 5.74) is -0.105. The van der Waals surface area contributed by atoms with Crippen molar-refractivity contribution in [1.82, 2.24) is 20.1 Å². The number of rotatable bonds is 4. The number of aromatic hydroxyl groups is 1. The quantitative estimate of drug-likeness (QED) is 0.618. The molecule has 0 saturated heterocycles. The van der Waals surface area contributed by atoms with Crippen molar-refractivity contribution in [3.8, 4) is 5.75 Å². The van der Waals surface area contributed by atoms with Gasteiger partial charge in [0.1, 0.15) is 17.9 Å². The molecule has 0 spiro atoms. The molecule has 4 N–H and O–H groups in total. The Hall–Kier alpha value is -3.10. The van der Waals surface area contributed by atoms with E-state index in [1.807, 2.05) is 0 Å². The number of hydrogen-bond donors (Lipinski definition) is 4. The highest BCUT2D eigenvalue weighted by molar-refractivity contribution is 6.00. The fourth-order valence-electron chi connectivity index (χ4n) is 1.63. The van der Waals surface area contributed by atoms with Gasteiger partial charge in [-0.25, -0.2) is 14.6 Å². The highest BCUT2D eigenvalue weighted by Gasteiger charge is 2.16. The van der Waals surface area contributed by atoms with Crippen LogP contribution in [0, 0.1) is 0 Å². The van der Waals surface area contributed by atoms with Gasteiger partial charge < -0.3 is 20.4 Å². The van der Waals surface area contributed by atoms with Crippen molar-refractivity contribution in [2.24, 2.45) is 0 Å². The molecule has 1 aromatic heterocycles. The van der Waals surface area contributed by atoms with Crippen molar-refractivity contribution in [2.45, 2.75) is 6.54 Å². The minimum Gasteiger partial charge on any atom is -0.508 e. The number of phenols is 1. The van der Waals surface area contributed by atoms with E-state index in [-0.39, 0.29) is 23.5 Å². The molecule has 0 bridgehead atoms. The molecular weight excluding hydrogens is 278 g/mol. The van der Waals surface area contributed by atoms with E-state index < -0.39 is 12.0 Å². The minimum atomic E-state index is -1.25. The molecule has 0 atom stereocenters. The standard InChI is InChI=1S/C12H13N5O4/c1-17(5-10-13-6-14-16-10)12(21)15-9-3-2-7(18)4-8(9)11(19)20/h2-4,6,18H,5H2,1H3,(H,15,21)(H,19,20)(H,13,14,16). The molecule has 9 heteroatoms. The van der Waals surface area contributed by atoms with E-state index in [0.717, 1.165) is 6.07 Å². The van der Waals surface area contributed by atoms with Crippen LogP contribution in [-0.4, -0.2) is 49.3 Å². The third-order valence-electron chi connectivity index (χ3n) is 2.67. The minimum absolute atomic E-state index is 0.0923. The number of carboxylic acid groups (broad SMARTS) is 1. The van der Waals surface area contributed by atoms with Crippen molar-refractivity contribution in [1.29, 1.82) is 0 Å². The molecule has 0 saturated carbocycles. The van der Waals surface area contributed by atoms with Gasteiger partial charge in [-0.05, 0) is 18.2 Å². The first-order valence-electron chi connectivity index (χ1n) is 5.90. The molecule has 2 amide bonds. The lowest BCUT2D eigenvalue weighted by molar-refractivity contribution is 0.0697. The summed E-state index contributed by atoms with van der Waals surface area (Å²) in [7, 11) is 1.53. The van der Waals surface area contributed by atoms with Gasteiger partial charge in [-0.3, -0.25) is 5.10 Å². The van der Waals surface area contributed by atoms with E-state index in [1.165, 1.54) is 30.4 Å². The van der Waals surface area contributed by atoms with E-state index in [9.17, 15) is 14.7 Å². The average Bonchev–Trinajstić information content (AvgIpc) is 2.93. The molecule has 2 rings (SSSR count). The number of amides is 2. The monoisotopic (exact) mass is 291 g/mol. The smallest absolute Gasteiger partial charge is 0.337 e. The molecule has 0 aliphatic rings. The van der Waals surface area contributed by atoms with Gasteiger partial charge in [0.15, 0.2) is 0 Å². The second-order valence-corrected chi connectivity index (χ2v) is 4.25. The van der Waals surface area contributed by atoms with Crippen molar-refractivity contribution in [3.63, 3.8) is 0 Å². The summed E-state index contributed by atoms with van der Waals surface area (Å²) in [5, 5.41) is 27.1. The van der Waals surface area contributed by atoms with Crippen LogP contribution in [0.2, 0.25) is 0 Å². The zero-order chi connectivity index (χ0) is 15.4. The number of carbonyl (C=O) groups excluding carboxylic acids is 1. The third kappa shape index (κ3) is 3.47. The van der Waals surface area contributed by atoms with Crippen LogP contribution in [0.15, 0.2) is 24.5 Å². The second kappa shape index (κ2) is 5.90. The van der Waals surface area contributed by atoms with Gasteiger partial charge in [-0.2, -0.15) is 5.10 Å². The van der Waals surface area contributed by atoms with Gasteiger partial charge in [0.25, 0.3) is 0 Å². The summed E-state index contributed by atoms with van der Waals surface area (Å²) in [6, 6.07) is 3.16. The number of carbonyl (C=O) groups is 2. The summed E-state index contributed by atoms with van der Waals surface area (Å²) in [5.74, 6) is -0.948. The predicted molar refractivity (Wildman–Crippen MR) is 71.9 cm³/mol. The predicted octanol–water partition coefficient (Wildman–Crippen LogP) is 0.872. The summed E-state index contributed by atoms with van der Waals surface area (Å²) in [6.45, 7) is 0.187. The van der Waals surface area contributed by atoms with Crippen LogP contribution in [0.25, 0.3) is 0 Å². The molecule has 1 aromatic carbocycles. The number of phenolic OH excluding ortho intramolecular Hbond substituents is 1. The van der Waals surface area contributed by atoms with Crippen LogP contribution in [0.3, 0.4) is 0 Å². The Bertz CT molecular complexity index is 656. The van der Waals surface area contributed by atoms with E-state index in [4.69, 9.17) is 5.11 Å². The maximum Gasteiger partial charge on any atom is 0.337 e. The van der Waals surface area contributed by atoms with Gasteiger partial charge in [0, 0.05) is 7.05 Å². The van der Waals surface area contributed by atoms with E-state index in [0.29, 0.717) is 5.82 Å². The Morgan fingerprint density at radius 1 is 1.43 bits per heavy atom. The lowest BCUT2D eigenvalue weighted by Crippen LogP contribution is -2.31. The van der Waals surface area contributed by atoms with Crippen molar-refractivity contribution < 1.29 is 19.8 Å². The molecule has 21 heavy (non-hydrogen) atoms. The molecule has 0 aliphatic carbocycles. The van der Waals surface area contributed by atoms with Gasteiger partial charge in [-0.1, -0.05) is 0 Å². The maximum atomic E-state index is 12.0. The number of aromatic carboxylic acids is 1. The van der Waals surface area contributed by atoms with Crippen LogP contribution in [0.4, 0.5) is 10.5 Å². The van der Waals surface area contributed by atoms with Crippen LogP contribution >= 0.6 is 0 Å². The number of hydrogen-bond acceptors (Lipinski definition) is 5. The fourth-order valence-corrected chi connectivity index (χ4v) is 1.63. The second-order valence-electron chi connectivity index (χ2n) is 4.25. The molecule has 0 fully saturated rings. The number of H-pyrrole nitrogens is 1. The van der Waals surface area contributed by atoms with Crippen LogP contribution in [0.1, 0.15) is 16.2 Å². The highest BCUT2D eigenvalue weighted by Crippen LogP contribution is 2.21. The Morgan fingerprint density at radius 3 is 2.81 bits per heavy atom. The molecule has 0 aliphatic heterocycles. The highest BCUT2D eigenvalue weighted by atomic mass is 16.4. The van der Waals surface area contributed by atoms with E-state index in [1.54, 1.807) is 0 Å². The lowest BCUT2D eigenvalue weighted by Gasteiger charge is -2.17. The van der Waals surface area contributed by atoms with Crippen molar-refractivity contribution in [2.75, 3.05) is 12.4 Å². The summed E-state index contributed by atoms with van der Waals surface area (Å²) >= 11 is 0. The summed E-state index contributed by atoms with van der Waals surface area (Å²) in [4.78, 5) is 28.3. The molecule has 9 nitrogen and oxygen atoms in total. The summed E-state index contributed by atoms with van der Waals surface area (Å²) in [6.07, 6.45) is 1.32. The first kappa shape index (κ1) is 14.3.